The minimum atomic E-state index is -4.42. The lowest BCUT2D eigenvalue weighted by Crippen LogP contribution is -2.10. The Labute approximate surface area is 150 Å². The highest BCUT2D eigenvalue weighted by molar-refractivity contribution is 7.18. The van der Waals surface area contributed by atoms with Crippen LogP contribution in [0.5, 0.6) is 0 Å². The van der Waals surface area contributed by atoms with Crippen LogP contribution in [0.2, 0.25) is 0 Å². The van der Waals surface area contributed by atoms with Gasteiger partial charge in [-0.25, -0.2) is 4.98 Å². The number of aromatic nitrogens is 2. The Morgan fingerprint density at radius 2 is 1.92 bits per heavy atom. The molecule has 0 atom stereocenters. The number of nitrogens with one attached hydrogen (secondary N) is 1. The maximum atomic E-state index is 12.6. The SMILES string of the molecule is Cc1sc2nc(/C(C#N)=C/c3ccc(C(F)(F)F)cc3)[nH]c(=O)c2c1C. The second-order valence-corrected chi connectivity index (χ2v) is 6.87. The van der Waals surface area contributed by atoms with E-state index in [9.17, 15) is 23.2 Å². The Hall–Kier alpha value is -2.92. The number of alkyl halides is 3. The van der Waals surface area contributed by atoms with E-state index in [-0.39, 0.29) is 17.0 Å². The van der Waals surface area contributed by atoms with Crippen molar-refractivity contribution in [1.29, 1.82) is 5.26 Å². The van der Waals surface area contributed by atoms with Crippen molar-refractivity contribution in [3.8, 4) is 6.07 Å². The summed E-state index contributed by atoms with van der Waals surface area (Å²) in [6, 6.07) is 6.33. The Morgan fingerprint density at radius 1 is 1.27 bits per heavy atom. The van der Waals surface area contributed by atoms with Crippen LogP contribution in [0, 0.1) is 25.2 Å². The summed E-state index contributed by atoms with van der Waals surface area (Å²) in [5.74, 6) is 0.0890. The number of fused-ring (bicyclic) bond motifs is 1. The molecule has 0 radical (unpaired) electrons. The van der Waals surface area contributed by atoms with Gasteiger partial charge in [0.2, 0.25) is 0 Å². The van der Waals surface area contributed by atoms with Crippen molar-refractivity contribution in [2.45, 2.75) is 20.0 Å². The van der Waals surface area contributed by atoms with Crippen LogP contribution in [0.1, 0.15) is 27.4 Å². The second kappa shape index (κ2) is 6.42. The zero-order chi connectivity index (χ0) is 19.1. The van der Waals surface area contributed by atoms with Crippen molar-refractivity contribution in [3.05, 3.63) is 62.0 Å². The van der Waals surface area contributed by atoms with Gasteiger partial charge in [-0.2, -0.15) is 18.4 Å². The van der Waals surface area contributed by atoms with Gasteiger partial charge in [-0.3, -0.25) is 4.79 Å². The normalized spacial score (nSPS) is 12.4. The third kappa shape index (κ3) is 3.26. The fourth-order valence-corrected chi connectivity index (χ4v) is 3.50. The Kier molecular flexibility index (Phi) is 4.42. The van der Waals surface area contributed by atoms with E-state index in [1.165, 1.54) is 29.5 Å². The van der Waals surface area contributed by atoms with Crippen molar-refractivity contribution in [1.82, 2.24) is 9.97 Å². The first-order chi connectivity index (χ1) is 12.2. The van der Waals surface area contributed by atoms with Crippen molar-refractivity contribution < 1.29 is 13.2 Å². The zero-order valence-electron chi connectivity index (χ0n) is 13.7. The summed E-state index contributed by atoms with van der Waals surface area (Å²) in [4.78, 5) is 20.7. The highest BCUT2D eigenvalue weighted by Gasteiger charge is 2.29. The number of allylic oxidation sites excluding steroid dienone is 1. The van der Waals surface area contributed by atoms with Gasteiger partial charge >= 0.3 is 6.18 Å². The molecule has 2 heterocycles. The number of aryl methyl sites for hydroxylation is 2. The van der Waals surface area contributed by atoms with Gasteiger partial charge in [-0.15, -0.1) is 11.3 Å². The second-order valence-electron chi connectivity index (χ2n) is 5.67. The van der Waals surface area contributed by atoms with Crippen LogP contribution >= 0.6 is 11.3 Å². The van der Waals surface area contributed by atoms with Crippen molar-refractivity contribution >= 4 is 33.2 Å². The predicted octanol–water partition coefficient (Wildman–Crippen LogP) is 4.68. The molecule has 26 heavy (non-hydrogen) atoms. The molecule has 3 rings (SSSR count). The van der Waals surface area contributed by atoms with E-state index in [4.69, 9.17) is 0 Å². The number of nitriles is 1. The molecule has 0 saturated carbocycles. The summed E-state index contributed by atoms with van der Waals surface area (Å²) < 4.78 is 37.9. The number of halogens is 3. The van der Waals surface area contributed by atoms with Crippen LogP contribution in [0.4, 0.5) is 13.2 Å². The van der Waals surface area contributed by atoms with E-state index in [1.807, 2.05) is 19.9 Å². The molecule has 0 spiro atoms. The van der Waals surface area contributed by atoms with Gasteiger partial charge in [0.1, 0.15) is 10.9 Å². The van der Waals surface area contributed by atoms with Crippen LogP contribution in [-0.2, 0) is 6.18 Å². The molecule has 0 aliphatic carbocycles. The third-order valence-electron chi connectivity index (χ3n) is 3.96. The van der Waals surface area contributed by atoms with E-state index in [0.717, 1.165) is 22.6 Å². The molecule has 1 N–H and O–H groups in total. The summed E-state index contributed by atoms with van der Waals surface area (Å²) in [6.45, 7) is 3.71. The fraction of sp³-hybridized carbons (Fsp3) is 0.167. The van der Waals surface area contributed by atoms with E-state index in [0.29, 0.717) is 15.8 Å². The topological polar surface area (TPSA) is 69.5 Å². The number of aromatic amines is 1. The largest absolute Gasteiger partial charge is 0.416 e. The number of benzene rings is 1. The van der Waals surface area contributed by atoms with E-state index in [1.54, 1.807) is 0 Å². The zero-order valence-corrected chi connectivity index (χ0v) is 14.5. The number of thiophene rings is 1. The number of hydrogen-bond donors (Lipinski definition) is 1. The summed E-state index contributed by atoms with van der Waals surface area (Å²) in [7, 11) is 0. The number of rotatable bonds is 2. The number of H-pyrrole nitrogens is 1. The molecular weight excluding hydrogens is 363 g/mol. The van der Waals surface area contributed by atoms with Crippen LogP contribution in [0.25, 0.3) is 21.9 Å². The number of hydrogen-bond acceptors (Lipinski definition) is 4. The molecule has 0 unspecified atom stereocenters. The quantitative estimate of drug-likeness (QED) is 0.661. The standard InChI is InChI=1S/C18H12F3N3OS/c1-9-10(2)26-17-14(9)16(25)23-15(24-17)12(8-22)7-11-3-5-13(6-4-11)18(19,20)21/h3-7H,1-2H3,(H,23,24,25)/b12-7+. The first-order valence-electron chi connectivity index (χ1n) is 7.50. The molecule has 3 aromatic rings. The van der Waals surface area contributed by atoms with E-state index in [2.05, 4.69) is 9.97 Å². The van der Waals surface area contributed by atoms with Gasteiger partial charge in [-0.05, 0) is 43.2 Å². The minimum absolute atomic E-state index is 0.0625. The monoisotopic (exact) mass is 375 g/mol. The smallest absolute Gasteiger partial charge is 0.305 e. The van der Waals surface area contributed by atoms with Gasteiger partial charge in [0.15, 0.2) is 5.82 Å². The van der Waals surface area contributed by atoms with Crippen molar-refractivity contribution in [3.63, 3.8) is 0 Å². The van der Waals surface area contributed by atoms with Crippen LogP contribution in [0.15, 0.2) is 29.1 Å². The first kappa shape index (κ1) is 17.9. The molecule has 2 aromatic heterocycles. The van der Waals surface area contributed by atoms with Crippen LogP contribution < -0.4 is 5.56 Å². The minimum Gasteiger partial charge on any atom is -0.305 e. The Bertz CT molecular complexity index is 1120. The van der Waals surface area contributed by atoms with Gasteiger partial charge in [-0.1, -0.05) is 12.1 Å². The van der Waals surface area contributed by atoms with Crippen molar-refractivity contribution in [2.75, 3.05) is 0 Å². The number of nitrogens with zero attached hydrogens (tertiary/aromatic N) is 2. The Balaban J connectivity index is 2.06. The Morgan fingerprint density at radius 3 is 2.50 bits per heavy atom. The lowest BCUT2D eigenvalue weighted by Gasteiger charge is -2.06. The summed E-state index contributed by atoms with van der Waals surface area (Å²) in [5, 5.41) is 9.88. The lowest BCUT2D eigenvalue weighted by molar-refractivity contribution is -0.137. The van der Waals surface area contributed by atoms with E-state index < -0.39 is 11.7 Å². The maximum absolute atomic E-state index is 12.6. The molecular formula is C18H12F3N3OS. The highest BCUT2D eigenvalue weighted by Crippen LogP contribution is 2.30. The summed E-state index contributed by atoms with van der Waals surface area (Å²) >= 11 is 1.35. The van der Waals surface area contributed by atoms with Crippen LogP contribution in [0.3, 0.4) is 0 Å². The average molecular weight is 375 g/mol. The molecule has 132 valence electrons. The molecule has 8 heteroatoms. The first-order valence-corrected chi connectivity index (χ1v) is 8.32. The van der Waals surface area contributed by atoms with Gasteiger partial charge in [0.25, 0.3) is 5.56 Å². The maximum Gasteiger partial charge on any atom is 0.416 e. The van der Waals surface area contributed by atoms with Crippen molar-refractivity contribution in [2.24, 2.45) is 0 Å². The predicted molar refractivity (Wildman–Crippen MR) is 94.6 cm³/mol. The lowest BCUT2D eigenvalue weighted by atomic mass is 10.1. The molecule has 0 bridgehead atoms. The molecule has 0 fully saturated rings. The molecule has 0 aliphatic rings. The van der Waals surface area contributed by atoms with Crippen LogP contribution in [-0.4, -0.2) is 9.97 Å². The summed E-state index contributed by atoms with van der Waals surface area (Å²) in [5.41, 5.74) is 0.185. The van der Waals surface area contributed by atoms with Gasteiger partial charge < -0.3 is 4.98 Å². The molecule has 0 aliphatic heterocycles. The third-order valence-corrected chi connectivity index (χ3v) is 5.06. The molecule has 0 saturated heterocycles. The summed E-state index contributed by atoms with van der Waals surface area (Å²) in [6.07, 6.45) is -3.04. The average Bonchev–Trinajstić information content (AvgIpc) is 2.87. The molecule has 0 amide bonds. The fourth-order valence-electron chi connectivity index (χ4n) is 2.47. The van der Waals surface area contributed by atoms with Gasteiger partial charge in [0, 0.05) is 4.88 Å². The van der Waals surface area contributed by atoms with E-state index >= 15 is 0 Å². The molecule has 1 aromatic carbocycles. The molecule has 4 nitrogen and oxygen atoms in total. The highest BCUT2D eigenvalue weighted by atomic mass is 32.1. The van der Waals surface area contributed by atoms with Gasteiger partial charge in [0.05, 0.1) is 16.5 Å².